The summed E-state index contributed by atoms with van der Waals surface area (Å²) in [5.74, 6) is -0.184. The predicted octanol–water partition coefficient (Wildman–Crippen LogP) is 4.65. The number of carbonyl (C=O) groups is 1. The zero-order valence-corrected chi connectivity index (χ0v) is 19.0. The molecule has 33 heavy (non-hydrogen) atoms. The molecule has 172 valence electrons. The normalized spacial score (nSPS) is 14.8. The standard InChI is InChI=1S/C25H25ClFN3O3/c1-33-23-12-16(11-21(26)24(23)31)15-30-9-7-20(8-10-30)29-25(32)18-5-6-22(28-14-18)17-3-2-4-19(27)13-17/h2-6,11-14,20,31H,7-10,15H2,1H3,(H,29,32). The Balaban J connectivity index is 1.30. The number of aromatic hydroxyl groups is 1. The second-order valence-electron chi connectivity index (χ2n) is 8.09. The molecular weight excluding hydrogens is 445 g/mol. The number of benzene rings is 2. The first-order valence-corrected chi connectivity index (χ1v) is 11.1. The Morgan fingerprint density at radius 2 is 2.03 bits per heavy atom. The molecule has 1 amide bonds. The van der Waals surface area contributed by atoms with Crippen molar-refractivity contribution < 1.29 is 19.0 Å². The monoisotopic (exact) mass is 469 g/mol. The van der Waals surface area contributed by atoms with Crippen molar-refractivity contribution in [3.8, 4) is 22.8 Å². The van der Waals surface area contributed by atoms with Crippen molar-refractivity contribution in [2.75, 3.05) is 20.2 Å². The topological polar surface area (TPSA) is 74.7 Å². The van der Waals surface area contributed by atoms with Gasteiger partial charge in [0, 0.05) is 37.4 Å². The Bertz CT molecular complexity index is 1130. The van der Waals surface area contributed by atoms with Crippen molar-refractivity contribution in [2.24, 2.45) is 0 Å². The lowest BCUT2D eigenvalue weighted by Gasteiger charge is -2.32. The van der Waals surface area contributed by atoms with Gasteiger partial charge in [-0.1, -0.05) is 23.7 Å². The Labute approximate surface area is 197 Å². The average Bonchev–Trinajstić information content (AvgIpc) is 2.82. The molecule has 4 rings (SSSR count). The summed E-state index contributed by atoms with van der Waals surface area (Å²) in [6.45, 7) is 2.33. The summed E-state index contributed by atoms with van der Waals surface area (Å²) < 4.78 is 18.6. The number of hydrogen-bond donors (Lipinski definition) is 2. The molecule has 1 aliphatic heterocycles. The molecule has 6 nitrogen and oxygen atoms in total. The molecule has 2 heterocycles. The van der Waals surface area contributed by atoms with E-state index in [0.29, 0.717) is 29.1 Å². The van der Waals surface area contributed by atoms with Gasteiger partial charge in [-0.2, -0.15) is 0 Å². The van der Waals surface area contributed by atoms with Crippen LogP contribution in [-0.2, 0) is 6.54 Å². The van der Waals surface area contributed by atoms with E-state index < -0.39 is 0 Å². The maximum Gasteiger partial charge on any atom is 0.253 e. The van der Waals surface area contributed by atoms with Gasteiger partial charge in [-0.15, -0.1) is 0 Å². The van der Waals surface area contributed by atoms with E-state index in [2.05, 4.69) is 15.2 Å². The summed E-state index contributed by atoms with van der Waals surface area (Å²) in [5.41, 5.74) is 2.72. The zero-order valence-electron chi connectivity index (χ0n) is 18.2. The summed E-state index contributed by atoms with van der Waals surface area (Å²) >= 11 is 6.09. The quantitative estimate of drug-likeness (QED) is 0.549. The average molecular weight is 470 g/mol. The molecule has 1 aromatic heterocycles. The van der Waals surface area contributed by atoms with Crippen LogP contribution < -0.4 is 10.1 Å². The highest BCUT2D eigenvalue weighted by atomic mass is 35.5. The summed E-state index contributed by atoms with van der Waals surface area (Å²) in [6.07, 6.45) is 3.17. The minimum Gasteiger partial charge on any atom is -0.503 e. The molecule has 8 heteroatoms. The number of nitrogens with one attached hydrogen (secondary N) is 1. The number of aromatic nitrogens is 1. The zero-order chi connectivity index (χ0) is 23.4. The van der Waals surface area contributed by atoms with Gasteiger partial charge in [0.2, 0.25) is 0 Å². The van der Waals surface area contributed by atoms with Crippen molar-refractivity contribution in [1.82, 2.24) is 15.2 Å². The Hall–Kier alpha value is -3.16. The highest BCUT2D eigenvalue weighted by Crippen LogP contribution is 2.35. The first-order valence-electron chi connectivity index (χ1n) is 10.7. The molecule has 0 atom stereocenters. The number of pyridine rings is 1. The summed E-state index contributed by atoms with van der Waals surface area (Å²) in [7, 11) is 1.49. The number of ether oxygens (including phenoxy) is 1. The van der Waals surface area contributed by atoms with Crippen molar-refractivity contribution in [3.63, 3.8) is 0 Å². The van der Waals surface area contributed by atoms with E-state index in [0.717, 1.165) is 31.5 Å². The van der Waals surface area contributed by atoms with Crippen LogP contribution in [0.5, 0.6) is 11.5 Å². The fraction of sp³-hybridized carbons (Fsp3) is 0.280. The highest BCUT2D eigenvalue weighted by molar-refractivity contribution is 6.32. The van der Waals surface area contributed by atoms with Crippen LogP contribution in [0.4, 0.5) is 4.39 Å². The number of halogens is 2. The smallest absolute Gasteiger partial charge is 0.253 e. The Kier molecular flexibility index (Phi) is 7.11. The number of methoxy groups -OCH3 is 1. The van der Waals surface area contributed by atoms with E-state index in [1.807, 2.05) is 0 Å². The minimum absolute atomic E-state index is 0.0530. The van der Waals surface area contributed by atoms with Crippen molar-refractivity contribution in [2.45, 2.75) is 25.4 Å². The SMILES string of the molecule is COc1cc(CN2CCC(NC(=O)c3ccc(-c4cccc(F)c4)nc3)CC2)cc(Cl)c1O. The predicted molar refractivity (Wildman–Crippen MR) is 125 cm³/mol. The van der Waals surface area contributed by atoms with Gasteiger partial charge >= 0.3 is 0 Å². The molecule has 0 bridgehead atoms. The highest BCUT2D eigenvalue weighted by Gasteiger charge is 2.22. The first-order chi connectivity index (χ1) is 15.9. The molecule has 2 N–H and O–H groups in total. The molecule has 0 unspecified atom stereocenters. The van der Waals surface area contributed by atoms with Gasteiger partial charge in [0.05, 0.1) is 23.4 Å². The molecule has 1 saturated heterocycles. The van der Waals surface area contributed by atoms with Crippen LogP contribution in [0.3, 0.4) is 0 Å². The summed E-state index contributed by atoms with van der Waals surface area (Å²) in [4.78, 5) is 19.2. The molecule has 3 aromatic rings. The number of phenolic OH excluding ortho intramolecular Hbond substituents is 1. The number of hydrogen-bond acceptors (Lipinski definition) is 5. The molecular formula is C25H25ClFN3O3. The fourth-order valence-electron chi connectivity index (χ4n) is 3.98. The Morgan fingerprint density at radius 3 is 2.70 bits per heavy atom. The number of likely N-dealkylation sites (tertiary alicyclic amines) is 1. The third-order valence-corrected chi connectivity index (χ3v) is 6.07. The van der Waals surface area contributed by atoms with Crippen LogP contribution in [0.1, 0.15) is 28.8 Å². The maximum atomic E-state index is 13.4. The molecule has 0 aliphatic carbocycles. The van der Waals surface area contributed by atoms with Gasteiger partial charge in [-0.3, -0.25) is 14.7 Å². The van der Waals surface area contributed by atoms with E-state index in [9.17, 15) is 14.3 Å². The number of rotatable bonds is 6. The lowest BCUT2D eigenvalue weighted by atomic mass is 10.0. The van der Waals surface area contributed by atoms with E-state index in [4.69, 9.17) is 16.3 Å². The second kappa shape index (κ2) is 10.2. The first kappa shape index (κ1) is 23.0. The third-order valence-electron chi connectivity index (χ3n) is 5.78. The Morgan fingerprint density at radius 1 is 1.24 bits per heavy atom. The largest absolute Gasteiger partial charge is 0.503 e. The second-order valence-corrected chi connectivity index (χ2v) is 8.50. The number of phenols is 1. The van der Waals surface area contributed by atoms with Crippen LogP contribution in [0, 0.1) is 5.82 Å². The van der Waals surface area contributed by atoms with Crippen LogP contribution in [-0.4, -0.2) is 47.1 Å². The van der Waals surface area contributed by atoms with Crippen molar-refractivity contribution in [1.29, 1.82) is 0 Å². The van der Waals surface area contributed by atoms with Crippen LogP contribution in [0.15, 0.2) is 54.7 Å². The summed E-state index contributed by atoms with van der Waals surface area (Å²) in [5, 5.41) is 13.2. The van der Waals surface area contributed by atoms with Crippen LogP contribution in [0.25, 0.3) is 11.3 Å². The van der Waals surface area contributed by atoms with Gasteiger partial charge in [0.1, 0.15) is 5.82 Å². The molecule has 1 aliphatic rings. The molecule has 0 radical (unpaired) electrons. The van der Waals surface area contributed by atoms with Gasteiger partial charge in [-0.05, 0) is 54.8 Å². The third kappa shape index (κ3) is 5.61. The van der Waals surface area contributed by atoms with Crippen LogP contribution in [0.2, 0.25) is 5.02 Å². The van der Waals surface area contributed by atoms with Gasteiger partial charge in [0.15, 0.2) is 11.5 Å². The molecule has 0 saturated carbocycles. The number of carbonyl (C=O) groups excluding carboxylic acids is 1. The molecule has 2 aromatic carbocycles. The lowest BCUT2D eigenvalue weighted by molar-refractivity contribution is 0.0908. The van der Waals surface area contributed by atoms with Gasteiger partial charge in [-0.25, -0.2) is 4.39 Å². The van der Waals surface area contributed by atoms with E-state index in [1.54, 1.807) is 36.4 Å². The van der Waals surface area contributed by atoms with Gasteiger partial charge in [0.25, 0.3) is 5.91 Å². The number of amides is 1. The lowest BCUT2D eigenvalue weighted by Crippen LogP contribution is -2.44. The van der Waals surface area contributed by atoms with Gasteiger partial charge < -0.3 is 15.2 Å². The van der Waals surface area contributed by atoms with E-state index in [-0.39, 0.29) is 28.5 Å². The maximum absolute atomic E-state index is 13.4. The van der Waals surface area contributed by atoms with Crippen molar-refractivity contribution >= 4 is 17.5 Å². The number of nitrogens with zero attached hydrogens (tertiary/aromatic N) is 2. The minimum atomic E-state index is -0.324. The van der Waals surface area contributed by atoms with Crippen LogP contribution >= 0.6 is 11.6 Å². The van der Waals surface area contributed by atoms with E-state index in [1.165, 1.54) is 25.4 Å². The van der Waals surface area contributed by atoms with E-state index >= 15 is 0 Å². The van der Waals surface area contributed by atoms with Crippen molar-refractivity contribution in [3.05, 3.63) is 76.7 Å². The fourth-order valence-corrected chi connectivity index (χ4v) is 4.22. The summed E-state index contributed by atoms with van der Waals surface area (Å²) in [6, 6.07) is 13.2. The molecule has 1 fully saturated rings. The number of piperidine rings is 1. The molecule has 0 spiro atoms.